The van der Waals surface area contributed by atoms with Crippen LogP contribution in [0, 0.1) is 0 Å². The van der Waals surface area contributed by atoms with E-state index in [4.69, 9.17) is 0 Å². The molecule has 1 aromatic heterocycles. The number of nitrogens with one attached hydrogen (secondary N) is 2. The van der Waals surface area contributed by atoms with Crippen molar-refractivity contribution in [2.24, 2.45) is 7.05 Å². The highest BCUT2D eigenvalue weighted by molar-refractivity contribution is 6.04. The largest absolute Gasteiger partial charge is 0.335 e. The molecule has 1 aliphatic carbocycles. The number of hydrogen-bond donors (Lipinski definition) is 2. The lowest BCUT2D eigenvalue weighted by atomic mass is 9.93. The fourth-order valence-electron chi connectivity index (χ4n) is 3.64. The van der Waals surface area contributed by atoms with E-state index in [1.807, 2.05) is 18.1 Å². The minimum atomic E-state index is -0.608. The third-order valence-corrected chi connectivity index (χ3v) is 4.95. The fourth-order valence-corrected chi connectivity index (χ4v) is 3.64. The van der Waals surface area contributed by atoms with Gasteiger partial charge in [-0.15, -0.1) is 0 Å². The van der Waals surface area contributed by atoms with E-state index in [1.54, 1.807) is 10.9 Å². The highest BCUT2D eigenvalue weighted by atomic mass is 16.2. The number of hydrogen-bond acceptors (Lipinski definition) is 4. The molecule has 8 nitrogen and oxygen atoms in total. The van der Waals surface area contributed by atoms with Crippen LogP contribution in [0.3, 0.4) is 0 Å². The van der Waals surface area contributed by atoms with E-state index in [1.165, 1.54) is 6.42 Å². The summed E-state index contributed by atoms with van der Waals surface area (Å²) < 4.78 is 1.73. The molecule has 2 heterocycles. The zero-order valence-corrected chi connectivity index (χ0v) is 14.5. The molecule has 2 fully saturated rings. The first-order valence-corrected chi connectivity index (χ1v) is 8.91. The molecule has 1 saturated heterocycles. The maximum atomic E-state index is 12.9. The molecule has 1 aromatic rings. The highest BCUT2D eigenvalue weighted by Gasteiger charge is 2.31. The first-order valence-electron chi connectivity index (χ1n) is 8.91. The molecule has 0 bridgehead atoms. The summed E-state index contributed by atoms with van der Waals surface area (Å²) in [6.45, 7) is 0.542. The molecule has 25 heavy (non-hydrogen) atoms. The molecular formula is C17H25N5O3. The molecule has 4 amide bonds. The number of carbonyl (C=O) groups excluding carboxylic acids is 3. The Hall–Kier alpha value is -2.38. The summed E-state index contributed by atoms with van der Waals surface area (Å²) >= 11 is 0. The number of carbonyl (C=O) groups is 3. The van der Waals surface area contributed by atoms with Crippen molar-refractivity contribution >= 4 is 17.8 Å². The average molecular weight is 347 g/mol. The summed E-state index contributed by atoms with van der Waals surface area (Å²) in [5.41, 5.74) is 1.01. The number of urea groups is 1. The van der Waals surface area contributed by atoms with Gasteiger partial charge in [0.15, 0.2) is 0 Å². The maximum Gasteiger partial charge on any atom is 0.322 e. The van der Waals surface area contributed by atoms with Gasteiger partial charge in [-0.2, -0.15) is 5.10 Å². The Kier molecular flexibility index (Phi) is 5.35. The minimum absolute atomic E-state index is 0.0321. The molecule has 2 aliphatic rings. The molecule has 8 heteroatoms. The van der Waals surface area contributed by atoms with Gasteiger partial charge in [-0.1, -0.05) is 19.3 Å². The van der Waals surface area contributed by atoms with Crippen molar-refractivity contribution in [3.63, 3.8) is 0 Å². The van der Waals surface area contributed by atoms with Crippen molar-refractivity contribution in [1.82, 2.24) is 25.3 Å². The third kappa shape index (κ3) is 4.37. The van der Waals surface area contributed by atoms with Crippen molar-refractivity contribution in [2.45, 2.75) is 63.6 Å². The van der Waals surface area contributed by atoms with Gasteiger partial charge in [0, 0.05) is 37.8 Å². The van der Waals surface area contributed by atoms with E-state index >= 15 is 0 Å². The van der Waals surface area contributed by atoms with Gasteiger partial charge >= 0.3 is 6.03 Å². The van der Waals surface area contributed by atoms with Crippen LogP contribution >= 0.6 is 0 Å². The van der Waals surface area contributed by atoms with Gasteiger partial charge in [-0.05, 0) is 19.3 Å². The van der Waals surface area contributed by atoms with Crippen LogP contribution in [0.1, 0.15) is 50.5 Å². The van der Waals surface area contributed by atoms with E-state index in [9.17, 15) is 14.4 Å². The lowest BCUT2D eigenvalue weighted by molar-refractivity contribution is -0.135. The molecule has 0 aromatic carbocycles. The predicted octanol–water partition coefficient (Wildman–Crippen LogP) is 1.07. The van der Waals surface area contributed by atoms with Gasteiger partial charge in [0.2, 0.25) is 5.91 Å². The lowest BCUT2D eigenvalue weighted by Crippen LogP contribution is -2.41. The van der Waals surface area contributed by atoms with Crippen LogP contribution in [0.5, 0.6) is 0 Å². The summed E-state index contributed by atoms with van der Waals surface area (Å²) in [7, 11) is 1.86. The Bertz CT molecular complexity index is 650. The van der Waals surface area contributed by atoms with Crippen LogP contribution in [0.2, 0.25) is 0 Å². The molecule has 0 unspecified atom stereocenters. The van der Waals surface area contributed by atoms with Crippen molar-refractivity contribution in [3.8, 4) is 0 Å². The maximum absolute atomic E-state index is 12.9. The highest BCUT2D eigenvalue weighted by Crippen LogP contribution is 2.25. The molecule has 2 N–H and O–H groups in total. The summed E-state index contributed by atoms with van der Waals surface area (Å²) in [6, 6.07) is -0.849. The summed E-state index contributed by atoms with van der Waals surface area (Å²) in [4.78, 5) is 37.6. The zero-order chi connectivity index (χ0) is 17.8. The second kappa shape index (κ2) is 7.67. The third-order valence-electron chi connectivity index (χ3n) is 4.95. The number of aromatic nitrogens is 2. The second-order valence-electron chi connectivity index (χ2n) is 6.89. The van der Waals surface area contributed by atoms with Gasteiger partial charge < -0.3 is 10.2 Å². The monoisotopic (exact) mass is 347 g/mol. The first kappa shape index (κ1) is 17.4. The summed E-state index contributed by atoms with van der Waals surface area (Å²) in [6.07, 6.45) is 9.83. The molecule has 1 aliphatic heterocycles. The van der Waals surface area contributed by atoms with Crippen LogP contribution in [-0.4, -0.2) is 44.6 Å². The standard InChI is InChI=1S/C17H25N5O3/c1-21-10-12(9-18-21)11-22(13-5-3-2-4-6-13)15(23)8-7-14-16(24)20-17(25)19-14/h9-10,13-14H,2-8,11H2,1H3,(H2,19,20,24,25)/t14-/m1/s1. The molecule has 0 spiro atoms. The molecule has 3 rings (SSSR count). The van der Waals surface area contributed by atoms with E-state index in [2.05, 4.69) is 15.7 Å². The van der Waals surface area contributed by atoms with Gasteiger partial charge in [-0.25, -0.2) is 4.79 Å². The Labute approximate surface area is 146 Å². The molecule has 136 valence electrons. The van der Waals surface area contributed by atoms with Gasteiger partial charge in [-0.3, -0.25) is 19.6 Å². The summed E-state index contributed by atoms with van der Waals surface area (Å²) in [5.74, 6) is -0.320. The van der Waals surface area contributed by atoms with Gasteiger partial charge in [0.05, 0.1) is 6.20 Å². The molecule has 1 saturated carbocycles. The quantitative estimate of drug-likeness (QED) is 0.752. The minimum Gasteiger partial charge on any atom is -0.335 e. The van der Waals surface area contributed by atoms with Crippen molar-refractivity contribution in [2.75, 3.05) is 0 Å². The van der Waals surface area contributed by atoms with Crippen LogP contribution in [0.15, 0.2) is 12.4 Å². The Morgan fingerprint density at radius 2 is 2.08 bits per heavy atom. The van der Waals surface area contributed by atoms with E-state index in [0.717, 1.165) is 31.2 Å². The average Bonchev–Trinajstić information content (AvgIpc) is 3.15. The molecule has 1 atom stereocenters. The molecular weight excluding hydrogens is 322 g/mol. The predicted molar refractivity (Wildman–Crippen MR) is 90.3 cm³/mol. The number of aryl methyl sites for hydroxylation is 1. The number of amides is 4. The normalized spacial score (nSPS) is 21.1. The second-order valence-corrected chi connectivity index (χ2v) is 6.89. The van der Waals surface area contributed by atoms with Crippen LogP contribution in [0.4, 0.5) is 4.79 Å². The van der Waals surface area contributed by atoms with Gasteiger partial charge in [0.1, 0.15) is 6.04 Å². The van der Waals surface area contributed by atoms with Gasteiger partial charge in [0.25, 0.3) is 5.91 Å². The SMILES string of the molecule is Cn1cc(CN(C(=O)CC[C@H]2NC(=O)NC2=O)C2CCCCC2)cn1. The summed E-state index contributed by atoms with van der Waals surface area (Å²) in [5, 5.41) is 8.93. The Morgan fingerprint density at radius 3 is 2.68 bits per heavy atom. The van der Waals surface area contributed by atoms with Crippen molar-refractivity contribution in [3.05, 3.63) is 18.0 Å². The first-order chi connectivity index (χ1) is 12.0. The van der Waals surface area contributed by atoms with Crippen molar-refractivity contribution < 1.29 is 14.4 Å². The fraction of sp³-hybridized carbons (Fsp3) is 0.647. The van der Waals surface area contributed by atoms with E-state index < -0.39 is 12.1 Å². The topological polar surface area (TPSA) is 96.3 Å². The van der Waals surface area contributed by atoms with E-state index in [0.29, 0.717) is 13.0 Å². The van der Waals surface area contributed by atoms with Crippen LogP contribution in [0.25, 0.3) is 0 Å². The van der Waals surface area contributed by atoms with Crippen LogP contribution < -0.4 is 10.6 Å². The smallest absolute Gasteiger partial charge is 0.322 e. The van der Waals surface area contributed by atoms with E-state index in [-0.39, 0.29) is 24.3 Å². The van der Waals surface area contributed by atoms with Crippen molar-refractivity contribution in [1.29, 1.82) is 0 Å². The Morgan fingerprint density at radius 1 is 1.32 bits per heavy atom. The van der Waals surface area contributed by atoms with Crippen LogP contribution in [-0.2, 0) is 23.2 Å². The number of rotatable bonds is 6. The number of imide groups is 1. The number of nitrogens with zero attached hydrogens (tertiary/aromatic N) is 3. The lowest BCUT2D eigenvalue weighted by Gasteiger charge is -2.34. The Balaban J connectivity index is 1.63. The molecule has 0 radical (unpaired) electrons. The zero-order valence-electron chi connectivity index (χ0n) is 14.5.